The van der Waals surface area contributed by atoms with Crippen LogP contribution in [0.15, 0.2) is 18.2 Å². The zero-order chi connectivity index (χ0) is 14.3. The molecule has 0 N–H and O–H groups in total. The molecule has 2 aromatic rings. The van der Waals surface area contributed by atoms with Crippen LogP contribution in [-0.2, 0) is 12.4 Å². The van der Waals surface area contributed by atoms with E-state index in [4.69, 9.17) is 16.3 Å². The number of hydrogen-bond donors (Lipinski definition) is 0. The Balaban J connectivity index is 2.03. The molecule has 108 valence electrons. The van der Waals surface area contributed by atoms with Crippen LogP contribution in [-0.4, -0.2) is 16.2 Å². The molecule has 1 aromatic heterocycles. The molecular formula is C16H21ClN2O. The molecule has 1 unspecified atom stereocenters. The average Bonchev–Trinajstić information content (AvgIpc) is 2.86. The Kier molecular flexibility index (Phi) is 3.41. The van der Waals surface area contributed by atoms with E-state index in [2.05, 4.69) is 29.5 Å². The summed E-state index contributed by atoms with van der Waals surface area (Å²) in [5.41, 5.74) is 2.52. The standard InChI is InChI=1S/C16H21ClN2O/c1-4-20-13-7-5-6-12-15(13)18-14(9-17)19(12)10-11-8-16(11,2)3/h5-7,11H,4,8-10H2,1-3H3. The summed E-state index contributed by atoms with van der Waals surface area (Å²) in [6.07, 6.45) is 1.28. The molecule has 0 aliphatic heterocycles. The minimum Gasteiger partial charge on any atom is -0.492 e. The third-order valence-corrected chi connectivity index (χ3v) is 4.60. The molecule has 1 heterocycles. The van der Waals surface area contributed by atoms with Gasteiger partial charge in [-0.15, -0.1) is 11.6 Å². The van der Waals surface area contributed by atoms with Gasteiger partial charge in [0.15, 0.2) is 0 Å². The number of rotatable bonds is 5. The van der Waals surface area contributed by atoms with Crippen LogP contribution >= 0.6 is 11.6 Å². The van der Waals surface area contributed by atoms with Crippen molar-refractivity contribution in [3.05, 3.63) is 24.0 Å². The second kappa shape index (κ2) is 4.96. The molecule has 1 aliphatic rings. The summed E-state index contributed by atoms with van der Waals surface area (Å²) < 4.78 is 7.94. The van der Waals surface area contributed by atoms with Crippen LogP contribution in [0.1, 0.15) is 33.0 Å². The largest absolute Gasteiger partial charge is 0.492 e. The van der Waals surface area contributed by atoms with Crippen LogP contribution in [0.4, 0.5) is 0 Å². The van der Waals surface area contributed by atoms with Crippen LogP contribution in [0, 0.1) is 11.3 Å². The van der Waals surface area contributed by atoms with E-state index in [1.54, 1.807) is 0 Å². The molecule has 0 radical (unpaired) electrons. The minimum atomic E-state index is 0.438. The molecule has 1 saturated carbocycles. The molecule has 1 fully saturated rings. The fraction of sp³-hybridized carbons (Fsp3) is 0.562. The zero-order valence-electron chi connectivity index (χ0n) is 12.3. The van der Waals surface area contributed by atoms with Crippen molar-refractivity contribution in [1.82, 2.24) is 9.55 Å². The van der Waals surface area contributed by atoms with Gasteiger partial charge in [0.2, 0.25) is 0 Å². The summed E-state index contributed by atoms with van der Waals surface area (Å²) in [4.78, 5) is 4.68. The monoisotopic (exact) mass is 292 g/mol. The molecule has 1 atom stereocenters. The van der Waals surface area contributed by atoms with Gasteiger partial charge in [-0.1, -0.05) is 19.9 Å². The van der Waals surface area contributed by atoms with Gasteiger partial charge in [0.25, 0.3) is 0 Å². The maximum Gasteiger partial charge on any atom is 0.147 e. The smallest absolute Gasteiger partial charge is 0.147 e. The highest BCUT2D eigenvalue weighted by molar-refractivity contribution is 6.16. The van der Waals surface area contributed by atoms with E-state index in [0.29, 0.717) is 17.9 Å². The maximum absolute atomic E-state index is 6.08. The Morgan fingerprint density at radius 2 is 2.20 bits per heavy atom. The quantitative estimate of drug-likeness (QED) is 0.772. The van der Waals surface area contributed by atoms with E-state index in [0.717, 1.165) is 35.1 Å². The van der Waals surface area contributed by atoms with Crippen molar-refractivity contribution in [2.45, 2.75) is 39.6 Å². The molecule has 0 spiro atoms. The number of alkyl halides is 1. The third-order valence-electron chi connectivity index (χ3n) is 4.36. The number of fused-ring (bicyclic) bond motifs is 1. The number of nitrogens with zero attached hydrogens (tertiary/aromatic N) is 2. The van der Waals surface area contributed by atoms with Crippen LogP contribution in [0.2, 0.25) is 0 Å². The first-order valence-electron chi connectivity index (χ1n) is 7.23. The van der Waals surface area contributed by atoms with Gasteiger partial charge in [0, 0.05) is 6.54 Å². The van der Waals surface area contributed by atoms with Crippen molar-refractivity contribution in [1.29, 1.82) is 0 Å². The lowest BCUT2D eigenvalue weighted by Crippen LogP contribution is -2.06. The SMILES string of the molecule is CCOc1cccc2c1nc(CCl)n2CC1CC1(C)C. The molecular weight excluding hydrogens is 272 g/mol. The zero-order valence-corrected chi connectivity index (χ0v) is 13.1. The number of para-hydroxylation sites is 1. The topological polar surface area (TPSA) is 27.1 Å². The molecule has 3 rings (SSSR count). The predicted octanol–water partition coefficient (Wildman–Crippen LogP) is 4.22. The number of imidazole rings is 1. The van der Waals surface area contributed by atoms with E-state index in [1.807, 2.05) is 19.1 Å². The Morgan fingerprint density at radius 1 is 1.45 bits per heavy atom. The van der Waals surface area contributed by atoms with Crippen molar-refractivity contribution in [2.75, 3.05) is 6.61 Å². The second-order valence-corrected chi connectivity index (χ2v) is 6.49. The number of halogens is 1. The van der Waals surface area contributed by atoms with E-state index < -0.39 is 0 Å². The first kappa shape index (κ1) is 13.7. The summed E-state index contributed by atoms with van der Waals surface area (Å²) in [5, 5.41) is 0. The molecule has 4 heteroatoms. The van der Waals surface area contributed by atoms with Crippen molar-refractivity contribution in [3.8, 4) is 5.75 Å². The predicted molar refractivity (Wildman–Crippen MR) is 82.3 cm³/mol. The van der Waals surface area contributed by atoms with Gasteiger partial charge in [-0.25, -0.2) is 4.98 Å². The Labute approximate surface area is 124 Å². The fourth-order valence-corrected chi connectivity index (χ4v) is 3.06. The second-order valence-electron chi connectivity index (χ2n) is 6.22. The lowest BCUT2D eigenvalue weighted by molar-refractivity contribution is 0.343. The van der Waals surface area contributed by atoms with Gasteiger partial charge in [0.05, 0.1) is 18.0 Å². The van der Waals surface area contributed by atoms with Crippen molar-refractivity contribution >= 4 is 22.6 Å². The van der Waals surface area contributed by atoms with E-state index >= 15 is 0 Å². The Morgan fingerprint density at radius 3 is 2.80 bits per heavy atom. The van der Waals surface area contributed by atoms with E-state index in [9.17, 15) is 0 Å². The summed E-state index contributed by atoms with van der Waals surface area (Å²) in [6.45, 7) is 8.29. The number of benzene rings is 1. The highest BCUT2D eigenvalue weighted by atomic mass is 35.5. The first-order valence-corrected chi connectivity index (χ1v) is 7.77. The van der Waals surface area contributed by atoms with Gasteiger partial charge >= 0.3 is 0 Å². The van der Waals surface area contributed by atoms with Gasteiger partial charge in [0.1, 0.15) is 17.1 Å². The normalized spacial score (nSPS) is 20.3. The number of hydrogen-bond acceptors (Lipinski definition) is 2. The maximum atomic E-state index is 6.08. The Bertz CT molecular complexity index is 633. The first-order chi connectivity index (χ1) is 9.56. The minimum absolute atomic E-state index is 0.438. The summed E-state index contributed by atoms with van der Waals surface area (Å²) in [5.74, 6) is 2.95. The summed E-state index contributed by atoms with van der Waals surface area (Å²) in [7, 11) is 0. The lowest BCUT2D eigenvalue weighted by Gasteiger charge is -2.09. The molecule has 3 nitrogen and oxygen atoms in total. The molecule has 1 aromatic carbocycles. The van der Waals surface area contributed by atoms with Crippen LogP contribution in [0.3, 0.4) is 0 Å². The summed E-state index contributed by atoms with van der Waals surface area (Å²) in [6, 6.07) is 6.11. The van der Waals surface area contributed by atoms with Gasteiger partial charge in [-0.3, -0.25) is 0 Å². The molecule has 1 aliphatic carbocycles. The van der Waals surface area contributed by atoms with E-state index in [1.165, 1.54) is 6.42 Å². The van der Waals surface area contributed by atoms with Gasteiger partial charge in [-0.2, -0.15) is 0 Å². The van der Waals surface area contributed by atoms with Gasteiger partial charge < -0.3 is 9.30 Å². The van der Waals surface area contributed by atoms with E-state index in [-0.39, 0.29) is 0 Å². The van der Waals surface area contributed by atoms with Gasteiger partial charge in [-0.05, 0) is 36.8 Å². The molecule has 0 bridgehead atoms. The number of aromatic nitrogens is 2. The molecule has 0 amide bonds. The molecule has 20 heavy (non-hydrogen) atoms. The summed E-state index contributed by atoms with van der Waals surface area (Å²) >= 11 is 6.08. The average molecular weight is 293 g/mol. The highest BCUT2D eigenvalue weighted by Gasteiger charge is 2.45. The highest BCUT2D eigenvalue weighted by Crippen LogP contribution is 2.52. The van der Waals surface area contributed by atoms with Crippen LogP contribution in [0.5, 0.6) is 5.75 Å². The lowest BCUT2D eigenvalue weighted by atomic mass is 10.1. The van der Waals surface area contributed by atoms with Crippen molar-refractivity contribution in [3.63, 3.8) is 0 Å². The number of ether oxygens (including phenoxy) is 1. The van der Waals surface area contributed by atoms with Crippen molar-refractivity contribution < 1.29 is 4.74 Å². The van der Waals surface area contributed by atoms with Crippen LogP contribution in [0.25, 0.3) is 11.0 Å². The third kappa shape index (κ3) is 2.28. The molecule has 0 saturated heterocycles. The Hall–Kier alpha value is -1.22. The van der Waals surface area contributed by atoms with Crippen molar-refractivity contribution in [2.24, 2.45) is 11.3 Å². The van der Waals surface area contributed by atoms with Crippen LogP contribution < -0.4 is 4.74 Å². The fourth-order valence-electron chi connectivity index (χ4n) is 2.86.